The van der Waals surface area contributed by atoms with Crippen molar-refractivity contribution in [2.45, 2.75) is 20.8 Å². The summed E-state index contributed by atoms with van der Waals surface area (Å²) in [7, 11) is 0. The van der Waals surface area contributed by atoms with Gasteiger partial charge in [-0.25, -0.2) is 5.43 Å². The van der Waals surface area contributed by atoms with E-state index in [2.05, 4.69) is 10.5 Å². The highest BCUT2D eigenvalue weighted by molar-refractivity contribution is 6.01. The zero-order valence-corrected chi connectivity index (χ0v) is 13.1. The summed E-state index contributed by atoms with van der Waals surface area (Å²) in [6.07, 6.45) is 0. The second-order valence-electron chi connectivity index (χ2n) is 4.91. The Morgan fingerprint density at radius 1 is 1.14 bits per heavy atom. The third-order valence-electron chi connectivity index (χ3n) is 3.30. The van der Waals surface area contributed by atoms with Gasteiger partial charge in [-0.3, -0.25) is 4.79 Å². The van der Waals surface area contributed by atoms with Gasteiger partial charge in [0.15, 0.2) is 0 Å². The Bertz CT molecular complexity index is 676. The fraction of sp³-hybridized carbons (Fsp3) is 0.222. The van der Waals surface area contributed by atoms with Gasteiger partial charge in [0, 0.05) is 5.56 Å². The summed E-state index contributed by atoms with van der Waals surface area (Å²) < 4.78 is 5.40. The lowest BCUT2D eigenvalue weighted by molar-refractivity contribution is 0.0954. The number of nitrogens with one attached hydrogen (secondary N) is 1. The SMILES string of the molecule is CCOc1ccc(/C(C)=N\NC(=O)c2ccccc2C)cc1. The number of benzene rings is 2. The molecule has 2 rings (SSSR count). The van der Waals surface area contributed by atoms with Crippen LogP contribution in [0.5, 0.6) is 5.75 Å². The van der Waals surface area contributed by atoms with Crippen molar-refractivity contribution in [2.24, 2.45) is 5.10 Å². The van der Waals surface area contributed by atoms with E-state index in [1.807, 2.05) is 63.2 Å². The first-order valence-corrected chi connectivity index (χ1v) is 7.25. The Balaban J connectivity index is 2.06. The monoisotopic (exact) mass is 296 g/mol. The first-order chi connectivity index (χ1) is 10.6. The molecule has 4 nitrogen and oxygen atoms in total. The molecule has 1 amide bonds. The average molecular weight is 296 g/mol. The van der Waals surface area contributed by atoms with E-state index in [0.717, 1.165) is 22.6 Å². The van der Waals surface area contributed by atoms with E-state index >= 15 is 0 Å². The molecule has 2 aromatic rings. The molecule has 0 heterocycles. The Kier molecular flexibility index (Phi) is 5.31. The number of carbonyl (C=O) groups excluding carboxylic acids is 1. The normalized spacial score (nSPS) is 11.1. The maximum Gasteiger partial charge on any atom is 0.271 e. The number of hydrogen-bond donors (Lipinski definition) is 1. The van der Waals surface area contributed by atoms with Crippen molar-refractivity contribution < 1.29 is 9.53 Å². The highest BCUT2D eigenvalue weighted by atomic mass is 16.5. The molecule has 0 saturated heterocycles. The number of nitrogens with zero attached hydrogens (tertiary/aromatic N) is 1. The first-order valence-electron chi connectivity index (χ1n) is 7.25. The third kappa shape index (κ3) is 3.95. The Morgan fingerprint density at radius 2 is 1.82 bits per heavy atom. The molecule has 22 heavy (non-hydrogen) atoms. The number of carbonyl (C=O) groups is 1. The fourth-order valence-electron chi connectivity index (χ4n) is 2.05. The largest absolute Gasteiger partial charge is 0.494 e. The van der Waals surface area contributed by atoms with Crippen LogP contribution >= 0.6 is 0 Å². The number of amides is 1. The van der Waals surface area contributed by atoms with Crippen molar-refractivity contribution in [1.29, 1.82) is 0 Å². The van der Waals surface area contributed by atoms with Crippen molar-refractivity contribution >= 4 is 11.6 Å². The van der Waals surface area contributed by atoms with Gasteiger partial charge in [0.05, 0.1) is 12.3 Å². The van der Waals surface area contributed by atoms with Crippen LogP contribution in [0.3, 0.4) is 0 Å². The number of hydrogen-bond acceptors (Lipinski definition) is 3. The Hall–Kier alpha value is -2.62. The molecule has 0 atom stereocenters. The summed E-state index contributed by atoms with van der Waals surface area (Å²) >= 11 is 0. The van der Waals surface area contributed by atoms with E-state index in [-0.39, 0.29) is 5.91 Å². The van der Waals surface area contributed by atoms with E-state index in [0.29, 0.717) is 12.2 Å². The van der Waals surface area contributed by atoms with Gasteiger partial charge in [-0.15, -0.1) is 0 Å². The molecule has 1 N–H and O–H groups in total. The molecule has 0 spiro atoms. The second-order valence-corrected chi connectivity index (χ2v) is 4.91. The van der Waals surface area contributed by atoms with Crippen LogP contribution in [-0.2, 0) is 0 Å². The summed E-state index contributed by atoms with van der Waals surface area (Å²) in [5.41, 5.74) is 5.83. The van der Waals surface area contributed by atoms with Crippen LogP contribution in [0.25, 0.3) is 0 Å². The number of aryl methyl sites for hydroxylation is 1. The molecular weight excluding hydrogens is 276 g/mol. The average Bonchev–Trinajstić information content (AvgIpc) is 2.54. The van der Waals surface area contributed by atoms with Crippen molar-refractivity contribution in [2.75, 3.05) is 6.61 Å². The molecule has 0 aliphatic carbocycles. The van der Waals surface area contributed by atoms with E-state index in [1.165, 1.54) is 0 Å². The molecule has 0 aliphatic heterocycles. The standard InChI is InChI=1S/C18H20N2O2/c1-4-22-16-11-9-15(10-12-16)14(3)19-20-18(21)17-8-6-5-7-13(17)2/h5-12H,4H2,1-3H3,(H,20,21)/b19-14-. The van der Waals surface area contributed by atoms with Gasteiger partial charge < -0.3 is 4.74 Å². The van der Waals surface area contributed by atoms with Gasteiger partial charge in [0.2, 0.25) is 0 Å². The zero-order valence-electron chi connectivity index (χ0n) is 13.1. The molecule has 0 bridgehead atoms. The molecular formula is C18H20N2O2. The molecule has 0 aliphatic rings. The van der Waals surface area contributed by atoms with Gasteiger partial charge >= 0.3 is 0 Å². The molecule has 114 valence electrons. The van der Waals surface area contributed by atoms with E-state index in [9.17, 15) is 4.79 Å². The second kappa shape index (κ2) is 7.41. The topological polar surface area (TPSA) is 50.7 Å². The molecule has 0 radical (unpaired) electrons. The molecule has 0 fully saturated rings. The van der Waals surface area contributed by atoms with Gasteiger partial charge in [0.25, 0.3) is 5.91 Å². The lowest BCUT2D eigenvalue weighted by Gasteiger charge is -2.06. The molecule has 0 unspecified atom stereocenters. The first kappa shape index (κ1) is 15.8. The highest BCUT2D eigenvalue weighted by Gasteiger charge is 2.07. The van der Waals surface area contributed by atoms with Crippen LogP contribution in [0.15, 0.2) is 53.6 Å². The third-order valence-corrected chi connectivity index (χ3v) is 3.30. The van der Waals surface area contributed by atoms with Crippen molar-refractivity contribution in [3.63, 3.8) is 0 Å². The summed E-state index contributed by atoms with van der Waals surface area (Å²) in [5, 5.41) is 4.16. The minimum Gasteiger partial charge on any atom is -0.494 e. The highest BCUT2D eigenvalue weighted by Crippen LogP contribution is 2.13. The predicted molar refractivity (Wildman–Crippen MR) is 88.5 cm³/mol. The molecule has 4 heteroatoms. The molecule has 0 aromatic heterocycles. The van der Waals surface area contributed by atoms with E-state index in [1.54, 1.807) is 6.07 Å². The number of ether oxygens (including phenoxy) is 1. The van der Waals surface area contributed by atoms with Crippen LogP contribution in [0.4, 0.5) is 0 Å². The Labute approximate surface area is 130 Å². The lowest BCUT2D eigenvalue weighted by Crippen LogP contribution is -2.20. The quantitative estimate of drug-likeness (QED) is 0.677. The summed E-state index contributed by atoms with van der Waals surface area (Å²) in [6, 6.07) is 15.0. The van der Waals surface area contributed by atoms with Gasteiger partial charge in [0.1, 0.15) is 5.75 Å². The van der Waals surface area contributed by atoms with Crippen LogP contribution in [-0.4, -0.2) is 18.2 Å². The van der Waals surface area contributed by atoms with E-state index < -0.39 is 0 Å². The molecule has 0 saturated carbocycles. The lowest BCUT2D eigenvalue weighted by atomic mass is 10.1. The van der Waals surface area contributed by atoms with Gasteiger partial charge in [-0.1, -0.05) is 18.2 Å². The van der Waals surface area contributed by atoms with Crippen molar-refractivity contribution in [1.82, 2.24) is 5.43 Å². The summed E-state index contributed by atoms with van der Waals surface area (Å²) in [4.78, 5) is 12.1. The maximum atomic E-state index is 12.1. The smallest absolute Gasteiger partial charge is 0.271 e. The Morgan fingerprint density at radius 3 is 2.45 bits per heavy atom. The number of hydrazone groups is 1. The molecule has 2 aromatic carbocycles. The fourth-order valence-corrected chi connectivity index (χ4v) is 2.05. The van der Waals surface area contributed by atoms with E-state index in [4.69, 9.17) is 4.74 Å². The predicted octanol–water partition coefficient (Wildman–Crippen LogP) is 3.55. The van der Waals surface area contributed by atoms with Gasteiger partial charge in [-0.05, 0) is 62.2 Å². The minimum absolute atomic E-state index is 0.205. The number of rotatable bonds is 5. The van der Waals surface area contributed by atoms with Crippen molar-refractivity contribution in [3.8, 4) is 5.75 Å². The van der Waals surface area contributed by atoms with Crippen LogP contribution in [0, 0.1) is 6.92 Å². The summed E-state index contributed by atoms with van der Waals surface area (Å²) in [5.74, 6) is 0.617. The van der Waals surface area contributed by atoms with Crippen LogP contribution in [0.1, 0.15) is 35.3 Å². The van der Waals surface area contributed by atoms with Crippen LogP contribution in [0.2, 0.25) is 0 Å². The maximum absolute atomic E-state index is 12.1. The zero-order chi connectivity index (χ0) is 15.9. The minimum atomic E-state index is -0.205. The van der Waals surface area contributed by atoms with Crippen molar-refractivity contribution in [3.05, 3.63) is 65.2 Å². The van der Waals surface area contributed by atoms with Crippen LogP contribution < -0.4 is 10.2 Å². The van der Waals surface area contributed by atoms with Gasteiger partial charge in [-0.2, -0.15) is 5.10 Å². The summed E-state index contributed by atoms with van der Waals surface area (Å²) in [6.45, 7) is 6.34.